The average Bonchev–Trinajstić information content (AvgIpc) is 2.26. The Morgan fingerprint density at radius 2 is 2.07 bits per heavy atom. The van der Waals surface area contributed by atoms with Gasteiger partial charge in [-0.3, -0.25) is 4.79 Å². The summed E-state index contributed by atoms with van der Waals surface area (Å²) in [6.07, 6.45) is 7.56. The molecule has 1 saturated carbocycles. The maximum absolute atomic E-state index is 11.2. The van der Waals surface area contributed by atoms with Crippen molar-refractivity contribution in [3.8, 4) is 0 Å². The zero-order chi connectivity index (χ0) is 10.4. The van der Waals surface area contributed by atoms with Crippen LogP contribution < -0.4 is 11.1 Å². The summed E-state index contributed by atoms with van der Waals surface area (Å²) in [5, 5.41) is 3.02. The molecule has 0 spiro atoms. The normalized spacial score (nSPS) is 20.4. The van der Waals surface area contributed by atoms with E-state index in [2.05, 4.69) is 12.2 Å². The molecular weight excluding hydrogens is 176 g/mol. The Labute approximate surface area is 86.4 Å². The molecular formula is C11H22N2O. The Kier molecular flexibility index (Phi) is 4.94. The van der Waals surface area contributed by atoms with Crippen molar-refractivity contribution in [2.75, 3.05) is 6.54 Å². The minimum Gasteiger partial charge on any atom is -0.352 e. The number of hydrogen-bond acceptors (Lipinski definition) is 2. The first kappa shape index (κ1) is 11.5. The molecule has 0 aliphatic heterocycles. The molecule has 0 aromatic carbocycles. The summed E-state index contributed by atoms with van der Waals surface area (Å²) in [6.45, 7) is 2.25. The number of nitrogens with two attached hydrogens (primary N) is 1. The van der Waals surface area contributed by atoms with Crippen molar-refractivity contribution in [1.82, 2.24) is 5.32 Å². The molecule has 1 rings (SSSR count). The smallest absolute Gasteiger partial charge is 0.233 e. The third-order valence-electron chi connectivity index (χ3n) is 3.19. The minimum atomic E-state index is -0.0116. The van der Waals surface area contributed by atoms with Crippen molar-refractivity contribution in [2.24, 2.45) is 11.7 Å². The second kappa shape index (κ2) is 6.02. The summed E-state index contributed by atoms with van der Waals surface area (Å²) in [7, 11) is 0. The first-order chi connectivity index (χ1) is 6.77. The lowest BCUT2D eigenvalue weighted by molar-refractivity contribution is -0.120. The molecule has 0 saturated heterocycles. The summed E-state index contributed by atoms with van der Waals surface area (Å²) in [4.78, 5) is 11.2. The SMILES string of the molecule is CCC(NC(=O)CN)C1CCCCC1. The van der Waals surface area contributed by atoms with Crippen LogP contribution in [0.4, 0.5) is 0 Å². The average molecular weight is 198 g/mol. The van der Waals surface area contributed by atoms with E-state index in [1.165, 1.54) is 32.1 Å². The third-order valence-corrected chi connectivity index (χ3v) is 3.19. The second-order valence-electron chi connectivity index (χ2n) is 4.18. The molecule has 0 heterocycles. The van der Waals surface area contributed by atoms with Gasteiger partial charge < -0.3 is 11.1 Å². The van der Waals surface area contributed by atoms with Crippen molar-refractivity contribution in [3.63, 3.8) is 0 Å². The van der Waals surface area contributed by atoms with Crippen molar-refractivity contribution in [1.29, 1.82) is 0 Å². The van der Waals surface area contributed by atoms with Gasteiger partial charge in [0.2, 0.25) is 5.91 Å². The fraction of sp³-hybridized carbons (Fsp3) is 0.909. The number of hydrogen-bond donors (Lipinski definition) is 2. The largest absolute Gasteiger partial charge is 0.352 e. The van der Waals surface area contributed by atoms with Gasteiger partial charge in [-0.1, -0.05) is 26.2 Å². The lowest BCUT2D eigenvalue weighted by Crippen LogP contribution is -2.43. The van der Waals surface area contributed by atoms with Gasteiger partial charge in [0.15, 0.2) is 0 Å². The molecule has 0 bridgehead atoms. The van der Waals surface area contributed by atoms with Gasteiger partial charge in [-0.2, -0.15) is 0 Å². The van der Waals surface area contributed by atoms with Crippen molar-refractivity contribution >= 4 is 5.91 Å². The van der Waals surface area contributed by atoms with Crippen LogP contribution in [0.5, 0.6) is 0 Å². The molecule has 14 heavy (non-hydrogen) atoms. The predicted octanol–water partition coefficient (Wildman–Crippen LogP) is 1.42. The van der Waals surface area contributed by atoms with E-state index in [9.17, 15) is 4.79 Å². The molecule has 1 atom stereocenters. The van der Waals surface area contributed by atoms with Crippen LogP contribution in [0, 0.1) is 5.92 Å². The van der Waals surface area contributed by atoms with Crippen LogP contribution in [0.25, 0.3) is 0 Å². The second-order valence-corrected chi connectivity index (χ2v) is 4.18. The van der Waals surface area contributed by atoms with Gasteiger partial charge in [0.25, 0.3) is 0 Å². The summed E-state index contributed by atoms with van der Waals surface area (Å²) < 4.78 is 0. The molecule has 1 amide bonds. The zero-order valence-electron chi connectivity index (χ0n) is 9.09. The van der Waals surface area contributed by atoms with E-state index in [1.54, 1.807) is 0 Å². The Morgan fingerprint density at radius 3 is 2.57 bits per heavy atom. The molecule has 3 N–H and O–H groups in total. The van der Waals surface area contributed by atoms with Crippen LogP contribution >= 0.6 is 0 Å². The summed E-state index contributed by atoms with van der Waals surface area (Å²) >= 11 is 0. The maximum Gasteiger partial charge on any atom is 0.233 e. The maximum atomic E-state index is 11.2. The highest BCUT2D eigenvalue weighted by Crippen LogP contribution is 2.27. The van der Waals surface area contributed by atoms with Gasteiger partial charge in [-0.05, 0) is 25.2 Å². The molecule has 1 aliphatic carbocycles. The quantitative estimate of drug-likeness (QED) is 0.718. The lowest BCUT2D eigenvalue weighted by atomic mass is 9.83. The molecule has 0 aromatic rings. The standard InChI is InChI=1S/C11H22N2O/c1-2-10(13-11(14)8-12)9-6-4-3-5-7-9/h9-10H,2-8,12H2,1H3,(H,13,14). The molecule has 0 aromatic heterocycles. The van der Waals surface area contributed by atoms with Gasteiger partial charge >= 0.3 is 0 Å². The summed E-state index contributed by atoms with van der Waals surface area (Å²) in [6, 6.07) is 0.353. The van der Waals surface area contributed by atoms with Crippen LogP contribution in [0.15, 0.2) is 0 Å². The number of rotatable bonds is 4. The summed E-state index contributed by atoms with van der Waals surface area (Å²) in [5.74, 6) is 0.673. The molecule has 82 valence electrons. The Bertz CT molecular complexity index is 176. The van der Waals surface area contributed by atoms with E-state index in [1.807, 2.05) is 0 Å². The molecule has 0 radical (unpaired) electrons. The minimum absolute atomic E-state index is 0.0116. The monoisotopic (exact) mass is 198 g/mol. The van der Waals surface area contributed by atoms with E-state index < -0.39 is 0 Å². The third kappa shape index (κ3) is 3.29. The van der Waals surface area contributed by atoms with Crippen LogP contribution in [0.2, 0.25) is 0 Å². The van der Waals surface area contributed by atoms with E-state index in [4.69, 9.17) is 5.73 Å². The molecule has 3 nitrogen and oxygen atoms in total. The molecule has 1 aliphatic rings. The first-order valence-corrected chi connectivity index (χ1v) is 5.77. The first-order valence-electron chi connectivity index (χ1n) is 5.77. The number of carbonyl (C=O) groups excluding carboxylic acids is 1. The zero-order valence-corrected chi connectivity index (χ0v) is 9.09. The number of amides is 1. The number of carbonyl (C=O) groups is 1. The highest BCUT2D eigenvalue weighted by Gasteiger charge is 2.22. The van der Waals surface area contributed by atoms with E-state index in [-0.39, 0.29) is 12.5 Å². The van der Waals surface area contributed by atoms with Crippen molar-refractivity contribution < 1.29 is 4.79 Å². The van der Waals surface area contributed by atoms with Gasteiger partial charge in [0, 0.05) is 6.04 Å². The molecule has 3 heteroatoms. The fourth-order valence-electron chi connectivity index (χ4n) is 2.36. The Hall–Kier alpha value is -0.570. The van der Waals surface area contributed by atoms with Gasteiger partial charge in [-0.15, -0.1) is 0 Å². The van der Waals surface area contributed by atoms with E-state index in [0.29, 0.717) is 12.0 Å². The lowest BCUT2D eigenvalue weighted by Gasteiger charge is -2.30. The van der Waals surface area contributed by atoms with Crippen LogP contribution in [0.1, 0.15) is 45.4 Å². The molecule has 1 fully saturated rings. The van der Waals surface area contributed by atoms with Gasteiger partial charge in [0.1, 0.15) is 0 Å². The topological polar surface area (TPSA) is 55.1 Å². The fourth-order valence-corrected chi connectivity index (χ4v) is 2.36. The highest BCUT2D eigenvalue weighted by atomic mass is 16.1. The van der Waals surface area contributed by atoms with E-state index in [0.717, 1.165) is 6.42 Å². The van der Waals surface area contributed by atoms with Gasteiger partial charge in [-0.25, -0.2) is 0 Å². The predicted molar refractivity (Wildman–Crippen MR) is 57.9 cm³/mol. The highest BCUT2D eigenvalue weighted by molar-refractivity contribution is 5.78. The van der Waals surface area contributed by atoms with Crippen LogP contribution in [0.3, 0.4) is 0 Å². The Morgan fingerprint density at radius 1 is 1.43 bits per heavy atom. The number of nitrogens with one attached hydrogen (secondary N) is 1. The van der Waals surface area contributed by atoms with Crippen LogP contribution in [-0.2, 0) is 4.79 Å². The summed E-state index contributed by atoms with van der Waals surface area (Å²) in [5.41, 5.74) is 5.29. The van der Waals surface area contributed by atoms with E-state index >= 15 is 0 Å². The Balaban J connectivity index is 2.39. The van der Waals surface area contributed by atoms with Crippen molar-refractivity contribution in [2.45, 2.75) is 51.5 Å². The molecule has 1 unspecified atom stereocenters. The van der Waals surface area contributed by atoms with Crippen molar-refractivity contribution in [3.05, 3.63) is 0 Å². The van der Waals surface area contributed by atoms with Crippen LogP contribution in [-0.4, -0.2) is 18.5 Å². The van der Waals surface area contributed by atoms with Gasteiger partial charge in [0.05, 0.1) is 6.54 Å².